The third-order valence-electron chi connectivity index (χ3n) is 2.91. The lowest BCUT2D eigenvalue weighted by Gasteiger charge is -2.09. The number of thioether (sulfide) groups is 1. The standard InChI is InChI=1S/C16H13F3O2S/c1-21-15(20)12-5-2-4-11(8-12)10-22-14-7-3-6-13(9-14)16(17,18)19/h2-9H,10H2,1H3. The van der Waals surface area contributed by atoms with Crippen LogP contribution in [0.25, 0.3) is 0 Å². The molecule has 0 fully saturated rings. The van der Waals surface area contributed by atoms with Gasteiger partial charge in [0.2, 0.25) is 0 Å². The summed E-state index contributed by atoms with van der Waals surface area (Å²) in [5.74, 6) is 0.0255. The zero-order chi connectivity index (χ0) is 16.2. The first-order chi connectivity index (χ1) is 10.4. The number of carbonyl (C=O) groups excluding carboxylic acids is 1. The van der Waals surface area contributed by atoms with Crippen LogP contribution in [0.4, 0.5) is 13.2 Å². The average Bonchev–Trinajstić information content (AvgIpc) is 2.52. The molecule has 0 spiro atoms. The molecule has 0 N–H and O–H groups in total. The highest BCUT2D eigenvalue weighted by molar-refractivity contribution is 7.98. The van der Waals surface area contributed by atoms with E-state index in [1.54, 1.807) is 24.3 Å². The first-order valence-electron chi connectivity index (χ1n) is 6.37. The lowest BCUT2D eigenvalue weighted by molar-refractivity contribution is -0.137. The molecule has 0 bridgehead atoms. The maximum absolute atomic E-state index is 12.7. The topological polar surface area (TPSA) is 26.3 Å². The van der Waals surface area contributed by atoms with E-state index in [0.717, 1.165) is 17.7 Å². The summed E-state index contributed by atoms with van der Waals surface area (Å²) in [7, 11) is 1.30. The Hall–Kier alpha value is -1.95. The van der Waals surface area contributed by atoms with Gasteiger partial charge in [-0.25, -0.2) is 4.79 Å². The summed E-state index contributed by atoms with van der Waals surface area (Å²) in [6, 6.07) is 12.0. The Kier molecular flexibility index (Phi) is 5.13. The Labute approximate surface area is 130 Å². The van der Waals surface area contributed by atoms with Gasteiger partial charge in [0.15, 0.2) is 0 Å². The fourth-order valence-corrected chi connectivity index (χ4v) is 2.73. The molecule has 0 aliphatic carbocycles. The molecule has 116 valence electrons. The summed E-state index contributed by atoms with van der Waals surface area (Å²) >= 11 is 1.28. The number of hydrogen-bond donors (Lipinski definition) is 0. The van der Waals surface area contributed by atoms with Crippen molar-refractivity contribution in [3.63, 3.8) is 0 Å². The average molecular weight is 326 g/mol. The van der Waals surface area contributed by atoms with Crippen LogP contribution in [-0.2, 0) is 16.7 Å². The zero-order valence-electron chi connectivity index (χ0n) is 11.7. The highest BCUT2D eigenvalue weighted by atomic mass is 32.2. The van der Waals surface area contributed by atoms with Crippen LogP contribution in [0.2, 0.25) is 0 Å². The fraction of sp³-hybridized carbons (Fsp3) is 0.188. The SMILES string of the molecule is COC(=O)c1cccc(CSc2cccc(C(F)(F)F)c2)c1. The summed E-state index contributed by atoms with van der Waals surface area (Å²) in [5, 5.41) is 0. The van der Waals surface area contributed by atoms with Gasteiger partial charge in [-0.1, -0.05) is 18.2 Å². The molecule has 0 aromatic heterocycles. The maximum Gasteiger partial charge on any atom is 0.416 e. The minimum Gasteiger partial charge on any atom is -0.465 e. The van der Waals surface area contributed by atoms with Crippen molar-refractivity contribution in [1.29, 1.82) is 0 Å². The quantitative estimate of drug-likeness (QED) is 0.597. The number of hydrogen-bond acceptors (Lipinski definition) is 3. The minimum absolute atomic E-state index is 0.421. The lowest BCUT2D eigenvalue weighted by atomic mass is 10.1. The number of rotatable bonds is 4. The van der Waals surface area contributed by atoms with Gasteiger partial charge in [0.1, 0.15) is 0 Å². The van der Waals surface area contributed by atoms with Crippen molar-refractivity contribution in [3.05, 3.63) is 65.2 Å². The third-order valence-corrected chi connectivity index (χ3v) is 3.98. The van der Waals surface area contributed by atoms with Gasteiger partial charge in [-0.05, 0) is 35.9 Å². The molecular formula is C16H13F3O2S. The molecule has 0 atom stereocenters. The van der Waals surface area contributed by atoms with Crippen molar-refractivity contribution >= 4 is 17.7 Å². The van der Waals surface area contributed by atoms with Gasteiger partial charge < -0.3 is 4.74 Å². The molecule has 6 heteroatoms. The number of alkyl halides is 3. The Morgan fingerprint density at radius 1 is 1.14 bits per heavy atom. The zero-order valence-corrected chi connectivity index (χ0v) is 12.5. The molecule has 2 rings (SSSR count). The fourth-order valence-electron chi connectivity index (χ4n) is 1.83. The van der Waals surface area contributed by atoms with E-state index in [2.05, 4.69) is 4.74 Å². The van der Waals surface area contributed by atoms with E-state index in [1.165, 1.54) is 24.9 Å². The molecule has 0 radical (unpaired) electrons. The summed E-state index contributed by atoms with van der Waals surface area (Å²) in [5.41, 5.74) is 0.593. The highest BCUT2D eigenvalue weighted by Gasteiger charge is 2.30. The third kappa shape index (κ3) is 4.27. The largest absolute Gasteiger partial charge is 0.465 e. The number of carbonyl (C=O) groups is 1. The summed E-state index contributed by atoms with van der Waals surface area (Å²) in [6.07, 6.45) is -4.35. The smallest absolute Gasteiger partial charge is 0.416 e. The van der Waals surface area contributed by atoms with E-state index in [9.17, 15) is 18.0 Å². The molecule has 2 nitrogen and oxygen atoms in total. The van der Waals surface area contributed by atoms with Gasteiger partial charge in [0.05, 0.1) is 18.2 Å². The van der Waals surface area contributed by atoms with Crippen LogP contribution in [0.5, 0.6) is 0 Å². The molecule has 2 aromatic carbocycles. The van der Waals surface area contributed by atoms with Crippen LogP contribution in [0.15, 0.2) is 53.4 Å². The lowest BCUT2D eigenvalue weighted by Crippen LogP contribution is -2.04. The normalized spacial score (nSPS) is 11.3. The van der Waals surface area contributed by atoms with Crippen molar-refractivity contribution < 1.29 is 22.7 Å². The second-order valence-electron chi connectivity index (χ2n) is 4.51. The van der Waals surface area contributed by atoms with E-state index in [0.29, 0.717) is 16.2 Å². The Morgan fingerprint density at radius 2 is 1.86 bits per heavy atom. The van der Waals surface area contributed by atoms with E-state index >= 15 is 0 Å². The monoisotopic (exact) mass is 326 g/mol. The van der Waals surface area contributed by atoms with Crippen LogP contribution in [-0.4, -0.2) is 13.1 Å². The van der Waals surface area contributed by atoms with E-state index in [4.69, 9.17) is 0 Å². The van der Waals surface area contributed by atoms with Crippen molar-refractivity contribution in [2.45, 2.75) is 16.8 Å². The van der Waals surface area contributed by atoms with Crippen LogP contribution in [0.1, 0.15) is 21.5 Å². The van der Waals surface area contributed by atoms with Crippen LogP contribution in [0, 0.1) is 0 Å². The first kappa shape index (κ1) is 16.4. The van der Waals surface area contributed by atoms with Gasteiger partial charge in [-0.3, -0.25) is 0 Å². The van der Waals surface area contributed by atoms with Crippen molar-refractivity contribution in [1.82, 2.24) is 0 Å². The number of methoxy groups -OCH3 is 1. The summed E-state index contributed by atoms with van der Waals surface area (Å²) in [4.78, 5) is 12.0. The van der Waals surface area contributed by atoms with Gasteiger partial charge >= 0.3 is 12.1 Å². The number of benzene rings is 2. The Bertz CT molecular complexity index is 668. The molecule has 0 saturated carbocycles. The second kappa shape index (κ2) is 6.87. The Morgan fingerprint density at radius 3 is 2.55 bits per heavy atom. The summed E-state index contributed by atoms with van der Waals surface area (Å²) < 4.78 is 42.6. The molecule has 0 saturated heterocycles. The number of esters is 1. The van der Waals surface area contributed by atoms with Gasteiger partial charge in [-0.2, -0.15) is 13.2 Å². The van der Waals surface area contributed by atoms with Crippen molar-refractivity contribution in [2.75, 3.05) is 7.11 Å². The van der Waals surface area contributed by atoms with Crippen LogP contribution < -0.4 is 0 Å². The van der Waals surface area contributed by atoms with E-state index in [-0.39, 0.29) is 0 Å². The summed E-state index contributed by atoms with van der Waals surface area (Å²) in [6.45, 7) is 0. The Balaban J connectivity index is 2.09. The number of ether oxygens (including phenoxy) is 1. The van der Waals surface area contributed by atoms with Gasteiger partial charge in [0.25, 0.3) is 0 Å². The number of halogens is 3. The highest BCUT2D eigenvalue weighted by Crippen LogP contribution is 2.32. The molecular weight excluding hydrogens is 313 g/mol. The van der Waals surface area contributed by atoms with Crippen molar-refractivity contribution in [3.8, 4) is 0 Å². The van der Waals surface area contributed by atoms with E-state index < -0.39 is 17.7 Å². The van der Waals surface area contributed by atoms with Gasteiger partial charge in [0, 0.05) is 10.6 Å². The molecule has 0 unspecified atom stereocenters. The molecule has 0 aliphatic rings. The molecule has 0 heterocycles. The maximum atomic E-state index is 12.7. The van der Waals surface area contributed by atoms with Crippen molar-refractivity contribution in [2.24, 2.45) is 0 Å². The van der Waals surface area contributed by atoms with E-state index in [1.807, 2.05) is 6.07 Å². The molecule has 22 heavy (non-hydrogen) atoms. The molecule has 2 aromatic rings. The van der Waals surface area contributed by atoms with Crippen LogP contribution >= 0.6 is 11.8 Å². The van der Waals surface area contributed by atoms with Gasteiger partial charge in [-0.15, -0.1) is 11.8 Å². The predicted molar refractivity (Wildman–Crippen MR) is 78.8 cm³/mol. The molecule has 0 amide bonds. The first-order valence-corrected chi connectivity index (χ1v) is 7.36. The second-order valence-corrected chi connectivity index (χ2v) is 5.55. The molecule has 0 aliphatic heterocycles. The van der Waals surface area contributed by atoms with Crippen LogP contribution in [0.3, 0.4) is 0 Å². The minimum atomic E-state index is -4.35. The predicted octanol–water partition coefficient (Wildman–Crippen LogP) is 4.78.